The third-order valence-electron chi connectivity index (χ3n) is 6.93. The van der Waals surface area contributed by atoms with Crippen molar-refractivity contribution in [2.75, 3.05) is 14.1 Å². The SMILES string of the molecule is CC(CC(=O)O)CC(=O)c1c(CCCCCC(O)c2cccc(C(=O)N(C)C)c2)n(C)c2ncc(C#N)cc12. The average molecular weight is 533 g/mol. The smallest absolute Gasteiger partial charge is 0.303 e. The number of Topliss-reactive ketones (excluding diaryl/α,β-unsaturated/α-hetero) is 1. The van der Waals surface area contributed by atoms with Gasteiger partial charge in [-0.15, -0.1) is 0 Å². The fourth-order valence-corrected chi connectivity index (χ4v) is 4.92. The second-order valence-corrected chi connectivity index (χ2v) is 10.4. The number of hydrogen-bond acceptors (Lipinski definition) is 6. The summed E-state index contributed by atoms with van der Waals surface area (Å²) in [6.07, 6.45) is 4.29. The molecule has 3 aromatic rings. The number of ketones is 1. The number of nitrogens with zero attached hydrogens (tertiary/aromatic N) is 4. The molecule has 0 saturated heterocycles. The zero-order valence-electron chi connectivity index (χ0n) is 23.0. The van der Waals surface area contributed by atoms with Crippen LogP contribution < -0.4 is 0 Å². The molecule has 0 fully saturated rings. The van der Waals surface area contributed by atoms with Gasteiger partial charge < -0.3 is 19.7 Å². The Morgan fingerprint density at radius 2 is 1.87 bits per heavy atom. The fraction of sp³-hybridized carbons (Fsp3) is 0.433. The summed E-state index contributed by atoms with van der Waals surface area (Å²) in [5.74, 6) is -1.53. The van der Waals surface area contributed by atoms with E-state index < -0.39 is 12.1 Å². The van der Waals surface area contributed by atoms with Crippen LogP contribution in [0.25, 0.3) is 11.0 Å². The van der Waals surface area contributed by atoms with E-state index in [4.69, 9.17) is 5.11 Å². The van der Waals surface area contributed by atoms with Gasteiger partial charge in [-0.1, -0.05) is 31.9 Å². The number of amides is 1. The quantitative estimate of drug-likeness (QED) is 0.241. The summed E-state index contributed by atoms with van der Waals surface area (Å²) in [4.78, 5) is 42.6. The Bertz CT molecular complexity index is 1400. The first kappa shape index (κ1) is 29.5. The second kappa shape index (κ2) is 13.2. The number of aryl methyl sites for hydroxylation is 1. The van der Waals surface area contributed by atoms with Gasteiger partial charge in [0.25, 0.3) is 5.91 Å². The highest BCUT2D eigenvalue weighted by Crippen LogP contribution is 2.29. The molecule has 9 nitrogen and oxygen atoms in total. The summed E-state index contributed by atoms with van der Waals surface area (Å²) < 4.78 is 1.88. The maximum atomic E-state index is 13.4. The molecule has 0 aliphatic heterocycles. The lowest BCUT2D eigenvalue weighted by atomic mass is 9.94. The number of nitriles is 1. The van der Waals surface area contributed by atoms with Crippen molar-refractivity contribution in [3.05, 3.63) is 64.5 Å². The van der Waals surface area contributed by atoms with Crippen LogP contribution in [0.3, 0.4) is 0 Å². The fourth-order valence-electron chi connectivity index (χ4n) is 4.92. The molecule has 0 spiro atoms. The molecular formula is C30H36N4O5. The van der Waals surface area contributed by atoms with Crippen LogP contribution in [0.2, 0.25) is 0 Å². The predicted octanol–water partition coefficient (Wildman–Crippen LogP) is 4.67. The zero-order valence-corrected chi connectivity index (χ0v) is 23.0. The molecule has 0 aliphatic rings. The van der Waals surface area contributed by atoms with E-state index in [9.17, 15) is 24.8 Å². The number of benzene rings is 1. The number of carbonyl (C=O) groups is 3. The monoisotopic (exact) mass is 532 g/mol. The topological polar surface area (TPSA) is 137 Å². The molecule has 2 N–H and O–H groups in total. The van der Waals surface area contributed by atoms with Crippen LogP contribution in [-0.4, -0.2) is 56.4 Å². The summed E-state index contributed by atoms with van der Waals surface area (Å²) >= 11 is 0. The molecule has 9 heteroatoms. The molecule has 2 unspecified atom stereocenters. The first-order valence-corrected chi connectivity index (χ1v) is 13.2. The first-order valence-electron chi connectivity index (χ1n) is 13.2. The lowest BCUT2D eigenvalue weighted by molar-refractivity contribution is -0.137. The van der Waals surface area contributed by atoms with E-state index in [1.165, 1.54) is 11.1 Å². The zero-order chi connectivity index (χ0) is 28.7. The van der Waals surface area contributed by atoms with Gasteiger partial charge >= 0.3 is 5.97 Å². The Kier molecular flexibility index (Phi) is 9.96. The molecule has 0 radical (unpaired) electrons. The number of aliphatic hydroxyl groups is 1. The van der Waals surface area contributed by atoms with Crippen molar-refractivity contribution in [2.45, 2.75) is 58.0 Å². The highest BCUT2D eigenvalue weighted by atomic mass is 16.4. The Balaban J connectivity index is 1.70. The van der Waals surface area contributed by atoms with E-state index in [1.54, 1.807) is 45.3 Å². The third-order valence-corrected chi connectivity index (χ3v) is 6.93. The highest BCUT2D eigenvalue weighted by Gasteiger charge is 2.24. The minimum absolute atomic E-state index is 0.0940. The lowest BCUT2D eigenvalue weighted by Crippen LogP contribution is -2.21. The third kappa shape index (κ3) is 7.30. The van der Waals surface area contributed by atoms with Crippen molar-refractivity contribution >= 4 is 28.7 Å². The number of aliphatic carboxylic acids is 1. The van der Waals surface area contributed by atoms with Crippen LogP contribution >= 0.6 is 0 Å². The molecule has 0 bridgehead atoms. The lowest BCUT2D eigenvalue weighted by Gasteiger charge is -2.14. The summed E-state index contributed by atoms with van der Waals surface area (Å²) in [5, 5.41) is 29.8. The molecule has 0 aliphatic carbocycles. The first-order chi connectivity index (χ1) is 18.5. The van der Waals surface area contributed by atoms with Crippen molar-refractivity contribution in [1.82, 2.24) is 14.5 Å². The number of pyridine rings is 1. The minimum Gasteiger partial charge on any atom is -0.481 e. The van der Waals surface area contributed by atoms with Gasteiger partial charge in [0, 0.05) is 62.4 Å². The summed E-state index contributed by atoms with van der Waals surface area (Å²) in [6, 6.07) is 10.8. The normalized spacial score (nSPS) is 12.6. The Labute approximate surface area is 228 Å². The summed E-state index contributed by atoms with van der Waals surface area (Å²) in [6.45, 7) is 1.74. The highest BCUT2D eigenvalue weighted by molar-refractivity contribution is 6.09. The van der Waals surface area contributed by atoms with Gasteiger partial charge in [-0.05, 0) is 48.9 Å². The van der Waals surface area contributed by atoms with E-state index in [1.807, 2.05) is 17.7 Å². The van der Waals surface area contributed by atoms with Crippen molar-refractivity contribution in [3.63, 3.8) is 0 Å². The second-order valence-electron chi connectivity index (χ2n) is 10.4. The Hall–Kier alpha value is -4.03. The van der Waals surface area contributed by atoms with Crippen LogP contribution in [0.15, 0.2) is 36.5 Å². The van der Waals surface area contributed by atoms with Gasteiger partial charge in [-0.3, -0.25) is 14.4 Å². The van der Waals surface area contributed by atoms with Crippen molar-refractivity contribution in [3.8, 4) is 6.07 Å². The van der Waals surface area contributed by atoms with Gasteiger partial charge in [-0.2, -0.15) is 5.26 Å². The molecule has 0 saturated carbocycles. The van der Waals surface area contributed by atoms with E-state index in [0.717, 1.165) is 25.0 Å². The number of aliphatic hydroxyl groups excluding tert-OH is 1. The molecule has 1 amide bonds. The standard InChI is InChI=1S/C30H36N4O5/c1-19(14-27(37)38)13-26(36)28-23-15-20(17-31)18-32-29(23)34(4)24(28)11-6-5-7-12-25(35)21-9-8-10-22(16-21)30(39)33(2)3/h8-10,15-16,18-19,25,35H,5-7,11-14H2,1-4H3,(H,37,38). The summed E-state index contributed by atoms with van der Waals surface area (Å²) in [5.41, 5.74) is 3.54. The maximum Gasteiger partial charge on any atom is 0.303 e. The van der Waals surface area contributed by atoms with Gasteiger partial charge in [0.1, 0.15) is 11.7 Å². The van der Waals surface area contributed by atoms with E-state index >= 15 is 0 Å². The molecule has 2 atom stereocenters. The van der Waals surface area contributed by atoms with Gasteiger partial charge in [0.05, 0.1) is 11.7 Å². The molecule has 39 heavy (non-hydrogen) atoms. The van der Waals surface area contributed by atoms with Crippen LogP contribution in [0.1, 0.15) is 89.1 Å². The molecule has 2 aromatic heterocycles. The molecule has 2 heterocycles. The van der Waals surface area contributed by atoms with E-state index in [0.29, 0.717) is 46.1 Å². The number of carboxylic acid groups (broad SMARTS) is 1. The number of carboxylic acids is 1. The largest absolute Gasteiger partial charge is 0.481 e. The van der Waals surface area contributed by atoms with Crippen molar-refractivity contribution in [1.29, 1.82) is 5.26 Å². The van der Waals surface area contributed by atoms with E-state index in [2.05, 4.69) is 11.1 Å². The molecule has 206 valence electrons. The van der Waals surface area contributed by atoms with Gasteiger partial charge in [-0.25, -0.2) is 4.98 Å². The Morgan fingerprint density at radius 1 is 1.13 bits per heavy atom. The number of rotatable bonds is 13. The van der Waals surface area contributed by atoms with Gasteiger partial charge in [0.15, 0.2) is 5.78 Å². The minimum atomic E-state index is -0.944. The molecule has 1 aromatic carbocycles. The average Bonchev–Trinajstić information content (AvgIpc) is 3.17. The van der Waals surface area contributed by atoms with Crippen molar-refractivity contribution < 1.29 is 24.6 Å². The predicted molar refractivity (Wildman–Crippen MR) is 147 cm³/mol. The van der Waals surface area contributed by atoms with Crippen LogP contribution in [0, 0.1) is 17.2 Å². The van der Waals surface area contributed by atoms with Crippen LogP contribution in [0.4, 0.5) is 0 Å². The number of hydrogen-bond donors (Lipinski definition) is 2. The molecule has 3 rings (SSSR count). The number of fused-ring (bicyclic) bond motifs is 1. The maximum absolute atomic E-state index is 13.4. The van der Waals surface area contributed by atoms with Crippen molar-refractivity contribution in [2.24, 2.45) is 13.0 Å². The van der Waals surface area contributed by atoms with E-state index in [-0.39, 0.29) is 30.4 Å². The van der Waals surface area contributed by atoms with Crippen LogP contribution in [0.5, 0.6) is 0 Å². The Morgan fingerprint density at radius 3 is 2.54 bits per heavy atom. The summed E-state index contributed by atoms with van der Waals surface area (Å²) in [7, 11) is 5.23. The number of carbonyl (C=O) groups excluding carboxylic acids is 2. The number of aromatic nitrogens is 2. The molecular weight excluding hydrogens is 496 g/mol. The van der Waals surface area contributed by atoms with Gasteiger partial charge in [0.2, 0.25) is 0 Å². The van der Waals surface area contributed by atoms with Crippen LogP contribution in [-0.2, 0) is 18.3 Å². The number of unbranched alkanes of at least 4 members (excludes halogenated alkanes) is 2.